The number of carbonyl (C=O) groups is 1. The Morgan fingerprint density at radius 1 is 1.50 bits per heavy atom. The van der Waals surface area contributed by atoms with E-state index in [9.17, 15) is 4.79 Å². The molecule has 1 aliphatic carbocycles. The van der Waals surface area contributed by atoms with E-state index in [4.69, 9.17) is 9.84 Å². The Kier molecular flexibility index (Phi) is 2.86. The number of carboxylic acid groups (broad SMARTS) is 1. The number of aryl methyl sites for hydroxylation is 1. The fourth-order valence-electron chi connectivity index (χ4n) is 1.61. The molecule has 1 aromatic rings. The van der Waals surface area contributed by atoms with Crippen LogP contribution in [-0.4, -0.2) is 17.2 Å². The molecule has 1 aromatic carbocycles. The third-order valence-electron chi connectivity index (χ3n) is 2.82. The van der Waals surface area contributed by atoms with Crippen molar-refractivity contribution in [3.05, 3.63) is 29.3 Å². The van der Waals surface area contributed by atoms with Gasteiger partial charge in [-0.25, -0.2) is 0 Å². The van der Waals surface area contributed by atoms with Crippen LogP contribution in [0.2, 0.25) is 0 Å². The van der Waals surface area contributed by atoms with Crippen molar-refractivity contribution in [2.24, 2.45) is 0 Å². The van der Waals surface area contributed by atoms with Gasteiger partial charge in [0.1, 0.15) is 5.75 Å². The summed E-state index contributed by atoms with van der Waals surface area (Å²) < 4.78 is 5.72. The Bertz CT molecular complexity index is 408. The highest BCUT2D eigenvalue weighted by atomic mass is 16.5. The summed E-state index contributed by atoms with van der Waals surface area (Å²) >= 11 is 0. The molecule has 0 amide bonds. The Labute approximate surface area is 95.0 Å². The monoisotopic (exact) mass is 220 g/mol. The third kappa shape index (κ3) is 2.35. The Balaban J connectivity index is 2.30. The largest absolute Gasteiger partial charge is 0.490 e. The highest BCUT2D eigenvalue weighted by molar-refractivity contribution is 5.76. The summed E-state index contributed by atoms with van der Waals surface area (Å²) in [7, 11) is 0. The van der Waals surface area contributed by atoms with Crippen molar-refractivity contribution in [1.82, 2.24) is 0 Å². The van der Waals surface area contributed by atoms with Crippen LogP contribution < -0.4 is 4.74 Å². The first-order chi connectivity index (χ1) is 7.58. The number of benzene rings is 1. The molecule has 1 unspecified atom stereocenters. The van der Waals surface area contributed by atoms with Crippen LogP contribution in [0.5, 0.6) is 5.75 Å². The van der Waals surface area contributed by atoms with Gasteiger partial charge in [-0.05, 0) is 32.8 Å². The molecule has 0 bridgehead atoms. The van der Waals surface area contributed by atoms with Gasteiger partial charge in [-0.15, -0.1) is 0 Å². The van der Waals surface area contributed by atoms with Gasteiger partial charge in [0.25, 0.3) is 0 Å². The van der Waals surface area contributed by atoms with E-state index in [1.54, 1.807) is 6.92 Å². The molecule has 0 aliphatic heterocycles. The lowest BCUT2D eigenvalue weighted by Gasteiger charge is -2.14. The fraction of sp³-hybridized carbons (Fsp3) is 0.462. The quantitative estimate of drug-likeness (QED) is 0.848. The molecule has 1 fully saturated rings. The molecule has 0 spiro atoms. The average molecular weight is 220 g/mol. The molecule has 3 nitrogen and oxygen atoms in total. The van der Waals surface area contributed by atoms with Crippen LogP contribution in [0.15, 0.2) is 18.2 Å². The second-order valence-corrected chi connectivity index (χ2v) is 4.42. The van der Waals surface area contributed by atoms with Gasteiger partial charge in [-0.1, -0.05) is 17.7 Å². The normalized spacial score (nSPS) is 16.9. The molecular formula is C13H16O3. The van der Waals surface area contributed by atoms with Gasteiger partial charge >= 0.3 is 5.97 Å². The highest BCUT2D eigenvalue weighted by Crippen LogP contribution is 2.33. The Hall–Kier alpha value is -1.51. The summed E-state index contributed by atoms with van der Waals surface area (Å²) in [5, 5.41) is 9.04. The van der Waals surface area contributed by atoms with Crippen molar-refractivity contribution < 1.29 is 14.6 Å². The van der Waals surface area contributed by atoms with Crippen LogP contribution in [-0.2, 0) is 4.79 Å². The summed E-state index contributed by atoms with van der Waals surface area (Å²) in [5.41, 5.74) is 1.84. The van der Waals surface area contributed by atoms with Crippen molar-refractivity contribution in [1.29, 1.82) is 0 Å². The van der Waals surface area contributed by atoms with E-state index in [-0.39, 0.29) is 0 Å². The van der Waals surface area contributed by atoms with Gasteiger partial charge in [-0.3, -0.25) is 4.79 Å². The van der Waals surface area contributed by atoms with Crippen molar-refractivity contribution >= 4 is 5.97 Å². The van der Waals surface area contributed by atoms with Crippen molar-refractivity contribution in [2.75, 3.05) is 0 Å². The Morgan fingerprint density at radius 3 is 2.75 bits per heavy atom. The molecule has 0 radical (unpaired) electrons. The molecular weight excluding hydrogens is 204 g/mol. The van der Waals surface area contributed by atoms with Crippen molar-refractivity contribution in [3.8, 4) is 5.75 Å². The van der Waals surface area contributed by atoms with E-state index in [1.165, 1.54) is 0 Å². The van der Waals surface area contributed by atoms with E-state index in [0.29, 0.717) is 6.10 Å². The number of ether oxygens (including phenoxy) is 1. The smallest absolute Gasteiger partial charge is 0.310 e. The first-order valence-corrected chi connectivity index (χ1v) is 5.58. The second kappa shape index (κ2) is 4.16. The minimum Gasteiger partial charge on any atom is -0.490 e. The van der Waals surface area contributed by atoms with E-state index >= 15 is 0 Å². The molecule has 3 heteroatoms. The lowest BCUT2D eigenvalue weighted by Crippen LogP contribution is -2.10. The van der Waals surface area contributed by atoms with Crippen LogP contribution in [0.3, 0.4) is 0 Å². The second-order valence-electron chi connectivity index (χ2n) is 4.42. The molecule has 1 atom stereocenters. The molecule has 0 saturated heterocycles. The lowest BCUT2D eigenvalue weighted by atomic mass is 9.98. The third-order valence-corrected chi connectivity index (χ3v) is 2.82. The van der Waals surface area contributed by atoms with Crippen LogP contribution >= 0.6 is 0 Å². The van der Waals surface area contributed by atoms with Crippen LogP contribution in [0.4, 0.5) is 0 Å². The zero-order valence-electron chi connectivity index (χ0n) is 9.56. The Morgan fingerprint density at radius 2 is 2.19 bits per heavy atom. The number of carboxylic acids is 1. The molecule has 1 N–H and O–H groups in total. The number of aliphatic carboxylic acids is 1. The van der Waals surface area contributed by atoms with Crippen LogP contribution in [0.1, 0.15) is 36.8 Å². The molecule has 1 saturated carbocycles. The van der Waals surface area contributed by atoms with E-state index in [2.05, 4.69) is 0 Å². The zero-order chi connectivity index (χ0) is 11.7. The van der Waals surface area contributed by atoms with Gasteiger partial charge in [0, 0.05) is 5.56 Å². The molecule has 0 heterocycles. The molecule has 0 aromatic heterocycles. The van der Waals surface area contributed by atoms with Crippen LogP contribution in [0.25, 0.3) is 0 Å². The van der Waals surface area contributed by atoms with Gasteiger partial charge in [0.15, 0.2) is 0 Å². The van der Waals surface area contributed by atoms with Gasteiger partial charge in [0.2, 0.25) is 0 Å². The fourth-order valence-corrected chi connectivity index (χ4v) is 1.61. The maximum Gasteiger partial charge on any atom is 0.310 e. The zero-order valence-corrected chi connectivity index (χ0v) is 9.56. The minimum absolute atomic E-state index is 0.294. The predicted octanol–water partition coefficient (Wildman–Crippen LogP) is 2.72. The SMILES string of the molecule is Cc1ccc(OC2CC2)c(C(C)C(=O)O)c1. The maximum atomic E-state index is 11.0. The average Bonchev–Trinajstić information content (AvgIpc) is 3.03. The predicted molar refractivity (Wildman–Crippen MR) is 60.9 cm³/mol. The summed E-state index contributed by atoms with van der Waals surface area (Å²) in [6.45, 7) is 3.65. The maximum absolute atomic E-state index is 11.0. The van der Waals surface area contributed by atoms with E-state index in [0.717, 1.165) is 29.7 Å². The molecule has 86 valence electrons. The topological polar surface area (TPSA) is 46.5 Å². The lowest BCUT2D eigenvalue weighted by molar-refractivity contribution is -0.138. The molecule has 16 heavy (non-hydrogen) atoms. The number of hydrogen-bond donors (Lipinski definition) is 1. The minimum atomic E-state index is -0.814. The van der Waals surface area contributed by atoms with E-state index < -0.39 is 11.9 Å². The standard InChI is InChI=1S/C13H16O3/c1-8-3-6-12(16-10-4-5-10)11(7-8)9(2)13(14)15/h3,6-7,9-10H,4-5H2,1-2H3,(H,14,15). The number of rotatable bonds is 4. The van der Waals surface area contributed by atoms with Crippen molar-refractivity contribution in [3.63, 3.8) is 0 Å². The van der Waals surface area contributed by atoms with Crippen LogP contribution in [0, 0.1) is 6.92 Å². The summed E-state index contributed by atoms with van der Waals surface area (Å²) in [6.07, 6.45) is 2.45. The first-order valence-electron chi connectivity index (χ1n) is 5.58. The highest BCUT2D eigenvalue weighted by Gasteiger charge is 2.26. The molecule has 2 rings (SSSR count). The van der Waals surface area contributed by atoms with E-state index in [1.807, 2.05) is 25.1 Å². The van der Waals surface area contributed by atoms with Gasteiger partial charge in [0.05, 0.1) is 12.0 Å². The molecule has 1 aliphatic rings. The first kappa shape index (κ1) is 11.0. The summed E-state index contributed by atoms with van der Waals surface area (Å²) in [4.78, 5) is 11.0. The van der Waals surface area contributed by atoms with Crippen molar-refractivity contribution in [2.45, 2.75) is 38.7 Å². The van der Waals surface area contributed by atoms with Gasteiger partial charge in [-0.2, -0.15) is 0 Å². The number of hydrogen-bond acceptors (Lipinski definition) is 2. The summed E-state index contributed by atoms with van der Waals surface area (Å²) in [6, 6.07) is 5.73. The summed E-state index contributed by atoms with van der Waals surface area (Å²) in [5.74, 6) is -0.608. The van der Waals surface area contributed by atoms with Gasteiger partial charge < -0.3 is 9.84 Å².